The van der Waals surface area contributed by atoms with Crippen LogP contribution in [0.2, 0.25) is 10.0 Å². The van der Waals surface area contributed by atoms with E-state index in [1.165, 1.54) is 0 Å². The van der Waals surface area contributed by atoms with Crippen molar-refractivity contribution in [1.29, 1.82) is 0 Å². The summed E-state index contributed by atoms with van der Waals surface area (Å²) in [6, 6.07) is 13.7. The molecular formula is C14H11Cl2N3O. The van der Waals surface area contributed by atoms with Crippen LogP contribution in [-0.4, -0.2) is 12.2 Å². The number of hydrogen-bond acceptors (Lipinski definition) is 2. The van der Waals surface area contributed by atoms with Gasteiger partial charge < -0.3 is 5.32 Å². The minimum atomic E-state index is -0.485. The standard InChI is InChI=1S/C14H11Cl2N3O/c15-11-6-7-13(12(16)8-11)18-14(20)19-17-9-10-4-2-1-3-5-10/h1-9H,(H2,18,19,20)/b17-9+. The SMILES string of the molecule is O=C(N/N=C/c1ccccc1)Nc1ccc(Cl)cc1Cl. The van der Waals surface area contributed by atoms with Gasteiger partial charge >= 0.3 is 6.03 Å². The Bertz CT molecular complexity index is 630. The molecule has 4 nitrogen and oxygen atoms in total. The van der Waals surface area contributed by atoms with Gasteiger partial charge in [0, 0.05) is 5.02 Å². The zero-order valence-corrected chi connectivity index (χ0v) is 11.8. The van der Waals surface area contributed by atoms with Crippen molar-refractivity contribution in [3.63, 3.8) is 0 Å². The summed E-state index contributed by atoms with van der Waals surface area (Å²) in [4.78, 5) is 11.6. The van der Waals surface area contributed by atoms with Crippen LogP contribution in [0.1, 0.15) is 5.56 Å². The number of carbonyl (C=O) groups excluding carboxylic acids is 1. The highest BCUT2D eigenvalue weighted by Crippen LogP contribution is 2.25. The average molecular weight is 308 g/mol. The van der Waals surface area contributed by atoms with E-state index in [1.54, 1.807) is 24.4 Å². The molecule has 0 unspecified atom stereocenters. The van der Waals surface area contributed by atoms with E-state index in [2.05, 4.69) is 15.8 Å². The predicted molar refractivity (Wildman–Crippen MR) is 82.7 cm³/mol. The topological polar surface area (TPSA) is 53.5 Å². The predicted octanol–water partition coefficient (Wildman–Crippen LogP) is 4.15. The van der Waals surface area contributed by atoms with Gasteiger partial charge in [0.25, 0.3) is 0 Å². The maximum atomic E-state index is 11.6. The number of halogens is 2. The molecule has 2 amide bonds. The Kier molecular flexibility index (Phi) is 4.98. The van der Waals surface area contributed by atoms with Crippen LogP contribution in [0.4, 0.5) is 10.5 Å². The second-order valence-electron chi connectivity index (χ2n) is 3.86. The first-order valence-corrected chi connectivity index (χ1v) is 6.51. The summed E-state index contributed by atoms with van der Waals surface area (Å²) in [5.41, 5.74) is 3.70. The molecule has 0 bridgehead atoms. The number of nitrogens with one attached hydrogen (secondary N) is 2. The van der Waals surface area contributed by atoms with Crippen LogP contribution in [-0.2, 0) is 0 Å². The highest BCUT2D eigenvalue weighted by atomic mass is 35.5. The summed E-state index contributed by atoms with van der Waals surface area (Å²) in [5, 5.41) is 7.26. The van der Waals surface area contributed by atoms with Crippen LogP contribution in [0.15, 0.2) is 53.6 Å². The van der Waals surface area contributed by atoms with Crippen LogP contribution in [0.25, 0.3) is 0 Å². The third-order valence-electron chi connectivity index (χ3n) is 2.36. The molecule has 0 heterocycles. The van der Waals surface area contributed by atoms with Crippen LogP contribution in [0, 0.1) is 0 Å². The Morgan fingerprint density at radius 2 is 1.85 bits per heavy atom. The minimum Gasteiger partial charge on any atom is -0.305 e. The molecule has 0 saturated heterocycles. The molecule has 0 aliphatic carbocycles. The Hall–Kier alpha value is -2.04. The number of urea groups is 1. The molecule has 0 atom stereocenters. The van der Waals surface area contributed by atoms with E-state index >= 15 is 0 Å². The number of hydrazone groups is 1. The molecule has 6 heteroatoms. The van der Waals surface area contributed by atoms with Gasteiger partial charge in [-0.3, -0.25) is 0 Å². The first-order valence-electron chi connectivity index (χ1n) is 5.75. The third kappa shape index (κ3) is 4.26. The zero-order chi connectivity index (χ0) is 14.4. The monoisotopic (exact) mass is 307 g/mol. The number of nitrogens with zero attached hydrogens (tertiary/aromatic N) is 1. The van der Waals surface area contributed by atoms with E-state index in [4.69, 9.17) is 23.2 Å². The largest absolute Gasteiger partial charge is 0.339 e. The van der Waals surface area contributed by atoms with Gasteiger partial charge in [-0.2, -0.15) is 5.10 Å². The maximum absolute atomic E-state index is 11.6. The van der Waals surface area contributed by atoms with Gasteiger partial charge in [0.15, 0.2) is 0 Å². The van der Waals surface area contributed by atoms with Crippen molar-refractivity contribution in [3.05, 3.63) is 64.1 Å². The first kappa shape index (κ1) is 14.4. The summed E-state index contributed by atoms with van der Waals surface area (Å²) in [6.07, 6.45) is 1.54. The molecule has 0 radical (unpaired) electrons. The van der Waals surface area contributed by atoms with Crippen molar-refractivity contribution in [1.82, 2.24) is 5.43 Å². The molecule has 102 valence electrons. The van der Waals surface area contributed by atoms with Crippen molar-refractivity contribution < 1.29 is 4.79 Å². The third-order valence-corrected chi connectivity index (χ3v) is 2.91. The van der Waals surface area contributed by atoms with Crippen molar-refractivity contribution in [3.8, 4) is 0 Å². The van der Waals surface area contributed by atoms with Gasteiger partial charge in [-0.25, -0.2) is 10.2 Å². The molecule has 0 aliphatic rings. The normalized spacial score (nSPS) is 10.5. The molecule has 2 rings (SSSR count). The Balaban J connectivity index is 1.91. The van der Waals surface area contributed by atoms with Crippen LogP contribution >= 0.6 is 23.2 Å². The van der Waals surface area contributed by atoms with Crippen LogP contribution < -0.4 is 10.7 Å². The molecule has 0 aliphatic heterocycles. The van der Waals surface area contributed by atoms with Crippen molar-refractivity contribution >= 4 is 41.1 Å². The van der Waals surface area contributed by atoms with Crippen LogP contribution in [0.5, 0.6) is 0 Å². The smallest absolute Gasteiger partial charge is 0.305 e. The van der Waals surface area contributed by atoms with Crippen molar-refractivity contribution in [2.45, 2.75) is 0 Å². The lowest BCUT2D eigenvalue weighted by molar-refractivity contribution is 0.252. The van der Waals surface area contributed by atoms with E-state index in [-0.39, 0.29) is 0 Å². The average Bonchev–Trinajstić information content (AvgIpc) is 2.43. The summed E-state index contributed by atoms with van der Waals surface area (Å²) >= 11 is 11.7. The van der Waals surface area contributed by atoms with E-state index in [0.29, 0.717) is 15.7 Å². The van der Waals surface area contributed by atoms with E-state index in [1.807, 2.05) is 30.3 Å². The second-order valence-corrected chi connectivity index (χ2v) is 4.70. The van der Waals surface area contributed by atoms with Crippen molar-refractivity contribution in [2.75, 3.05) is 5.32 Å². The molecule has 2 aromatic rings. The quantitative estimate of drug-likeness (QED) is 0.649. The number of anilines is 1. The lowest BCUT2D eigenvalue weighted by Gasteiger charge is -2.06. The first-order chi connectivity index (χ1) is 9.65. The van der Waals surface area contributed by atoms with Crippen LogP contribution in [0.3, 0.4) is 0 Å². The van der Waals surface area contributed by atoms with E-state index in [0.717, 1.165) is 5.56 Å². The Morgan fingerprint density at radius 3 is 2.55 bits per heavy atom. The van der Waals surface area contributed by atoms with Gasteiger partial charge in [0.1, 0.15) is 0 Å². The van der Waals surface area contributed by atoms with Gasteiger partial charge in [-0.1, -0.05) is 53.5 Å². The van der Waals surface area contributed by atoms with Gasteiger partial charge in [-0.15, -0.1) is 0 Å². The maximum Gasteiger partial charge on any atom is 0.339 e. The molecular weight excluding hydrogens is 297 g/mol. The van der Waals surface area contributed by atoms with Gasteiger partial charge in [0.05, 0.1) is 16.9 Å². The fourth-order valence-corrected chi connectivity index (χ4v) is 1.90. The van der Waals surface area contributed by atoms with E-state index < -0.39 is 6.03 Å². The van der Waals surface area contributed by atoms with Gasteiger partial charge in [0.2, 0.25) is 0 Å². The molecule has 0 saturated carbocycles. The summed E-state index contributed by atoms with van der Waals surface area (Å²) < 4.78 is 0. The number of amides is 2. The fraction of sp³-hybridized carbons (Fsp3) is 0. The Labute approximate surface area is 126 Å². The molecule has 2 N–H and O–H groups in total. The minimum absolute atomic E-state index is 0.361. The number of hydrogen-bond donors (Lipinski definition) is 2. The summed E-state index contributed by atoms with van der Waals surface area (Å²) in [7, 11) is 0. The second kappa shape index (κ2) is 6.93. The van der Waals surface area contributed by atoms with E-state index in [9.17, 15) is 4.79 Å². The zero-order valence-electron chi connectivity index (χ0n) is 10.3. The summed E-state index contributed by atoms with van der Waals surface area (Å²) in [6.45, 7) is 0. The number of rotatable bonds is 3. The van der Waals surface area contributed by atoms with Crippen molar-refractivity contribution in [2.24, 2.45) is 5.10 Å². The number of carbonyl (C=O) groups is 1. The molecule has 2 aromatic carbocycles. The molecule has 0 fully saturated rings. The molecule has 20 heavy (non-hydrogen) atoms. The number of benzene rings is 2. The molecule has 0 aromatic heterocycles. The highest BCUT2D eigenvalue weighted by Gasteiger charge is 2.04. The highest BCUT2D eigenvalue weighted by molar-refractivity contribution is 6.36. The summed E-state index contributed by atoms with van der Waals surface area (Å²) in [5.74, 6) is 0. The Morgan fingerprint density at radius 1 is 1.10 bits per heavy atom. The lowest BCUT2D eigenvalue weighted by Crippen LogP contribution is -2.24. The van der Waals surface area contributed by atoms with Gasteiger partial charge in [-0.05, 0) is 23.8 Å². The molecule has 0 spiro atoms. The fourth-order valence-electron chi connectivity index (χ4n) is 1.45. The lowest BCUT2D eigenvalue weighted by atomic mass is 10.2.